The second kappa shape index (κ2) is 8.39. The van der Waals surface area contributed by atoms with Crippen molar-refractivity contribution in [3.63, 3.8) is 0 Å². The van der Waals surface area contributed by atoms with E-state index < -0.39 is 46.6 Å². The van der Waals surface area contributed by atoms with Gasteiger partial charge in [-0.3, -0.25) is 4.79 Å². The van der Waals surface area contributed by atoms with Gasteiger partial charge >= 0.3 is 0 Å². The van der Waals surface area contributed by atoms with Crippen LogP contribution in [-0.2, 0) is 19.5 Å². The van der Waals surface area contributed by atoms with Crippen molar-refractivity contribution >= 4 is 15.9 Å². The van der Waals surface area contributed by atoms with E-state index in [0.29, 0.717) is 6.61 Å². The third-order valence-electron chi connectivity index (χ3n) is 3.99. The summed E-state index contributed by atoms with van der Waals surface area (Å²) in [5, 5.41) is 27.6. The predicted octanol–water partition coefficient (Wildman–Crippen LogP) is -2.13. The number of hydrogen-bond donors (Lipinski definition) is 5. The van der Waals surface area contributed by atoms with E-state index in [0.717, 1.165) is 0 Å². The Morgan fingerprint density at radius 1 is 1.27 bits per heavy atom. The zero-order valence-corrected chi connectivity index (χ0v) is 14.9. The van der Waals surface area contributed by atoms with Crippen LogP contribution >= 0.6 is 0 Å². The summed E-state index contributed by atoms with van der Waals surface area (Å²) in [6.07, 6.45) is -4.40. The Morgan fingerprint density at radius 3 is 2.42 bits per heavy atom. The topological polar surface area (TPSA) is 174 Å². The predicted molar refractivity (Wildman–Crippen MR) is 90.4 cm³/mol. The number of carbonyl (C=O) groups excluding carboxylic acids is 1. The molecule has 1 aliphatic rings. The molecular formula is C15H23N3O7S. The molecule has 0 radical (unpaired) electrons. The summed E-state index contributed by atoms with van der Waals surface area (Å²) in [7, 11) is -3.84. The van der Waals surface area contributed by atoms with Crippen LogP contribution in [0.3, 0.4) is 0 Å². The van der Waals surface area contributed by atoms with Crippen LogP contribution in [0, 0.1) is 0 Å². The summed E-state index contributed by atoms with van der Waals surface area (Å²) in [4.78, 5) is 12.0. The zero-order chi connectivity index (χ0) is 19.5. The van der Waals surface area contributed by atoms with Gasteiger partial charge in [-0.05, 0) is 31.2 Å². The molecule has 7 N–H and O–H groups in total. The Kier molecular flexibility index (Phi) is 6.69. The largest absolute Gasteiger partial charge is 0.388 e. The van der Waals surface area contributed by atoms with Crippen molar-refractivity contribution in [3.05, 3.63) is 29.8 Å². The van der Waals surface area contributed by atoms with Gasteiger partial charge in [-0.1, -0.05) is 0 Å². The standard InChI is InChI=1S/C15H23N3O7S/c1-2-24-15-11(16)13(20)12(19)10(25-15)7-18-14(21)8-3-5-9(6-4-8)26(17,22)23/h3-6,10-13,15,19-20H,2,7,16H2,1H3,(H,18,21)(H2,17,22,23)/t10-,11-,12-,13-,15-/m1/s1. The Hall–Kier alpha value is -1.60. The lowest BCUT2D eigenvalue weighted by molar-refractivity contribution is -0.256. The number of primary sulfonamides is 1. The molecule has 1 heterocycles. The number of ether oxygens (including phenoxy) is 2. The third kappa shape index (κ3) is 4.76. The molecule has 0 aromatic heterocycles. The smallest absolute Gasteiger partial charge is 0.251 e. The number of amides is 1. The normalized spacial score (nSPS) is 29.3. The van der Waals surface area contributed by atoms with Crippen molar-refractivity contribution in [2.45, 2.75) is 42.5 Å². The van der Waals surface area contributed by atoms with E-state index in [2.05, 4.69) is 5.32 Å². The minimum atomic E-state index is -3.84. The monoisotopic (exact) mass is 389 g/mol. The minimum absolute atomic E-state index is 0.107. The van der Waals surface area contributed by atoms with Gasteiger partial charge in [0.15, 0.2) is 6.29 Å². The maximum Gasteiger partial charge on any atom is 0.251 e. The number of nitrogens with one attached hydrogen (secondary N) is 1. The highest BCUT2D eigenvalue weighted by molar-refractivity contribution is 7.89. The SMILES string of the molecule is CCO[C@@H]1O[C@H](CNC(=O)c2ccc(S(N)(=O)=O)cc2)[C@@H](O)[C@H](O)[C@H]1N. The van der Waals surface area contributed by atoms with Crippen LogP contribution in [0.5, 0.6) is 0 Å². The van der Waals surface area contributed by atoms with Gasteiger partial charge < -0.3 is 30.7 Å². The van der Waals surface area contributed by atoms with Crippen molar-refractivity contribution in [2.24, 2.45) is 10.9 Å². The van der Waals surface area contributed by atoms with Gasteiger partial charge in [0.05, 0.1) is 10.9 Å². The number of sulfonamides is 1. The molecule has 0 bridgehead atoms. The highest BCUT2D eigenvalue weighted by Crippen LogP contribution is 2.20. The maximum atomic E-state index is 12.2. The fourth-order valence-electron chi connectivity index (χ4n) is 2.53. The summed E-state index contributed by atoms with van der Waals surface area (Å²) >= 11 is 0. The molecule has 11 heteroatoms. The van der Waals surface area contributed by atoms with Crippen LogP contribution in [-0.4, -0.2) is 68.3 Å². The van der Waals surface area contributed by atoms with Crippen LogP contribution in [0.15, 0.2) is 29.2 Å². The number of aliphatic hydroxyl groups excluding tert-OH is 2. The van der Waals surface area contributed by atoms with E-state index in [9.17, 15) is 23.4 Å². The van der Waals surface area contributed by atoms with Crippen LogP contribution in [0.1, 0.15) is 17.3 Å². The van der Waals surface area contributed by atoms with Crippen LogP contribution in [0.2, 0.25) is 0 Å². The first kappa shape index (κ1) is 20.7. The first-order valence-corrected chi connectivity index (χ1v) is 9.49. The summed E-state index contributed by atoms with van der Waals surface area (Å²) in [5.41, 5.74) is 5.95. The average molecular weight is 389 g/mol. The number of carbonyl (C=O) groups is 1. The lowest BCUT2D eigenvalue weighted by Crippen LogP contribution is -2.63. The Morgan fingerprint density at radius 2 is 1.88 bits per heavy atom. The number of hydrogen-bond acceptors (Lipinski definition) is 8. The molecule has 0 aliphatic carbocycles. The summed E-state index contributed by atoms with van der Waals surface area (Å²) < 4.78 is 33.2. The van der Waals surface area contributed by atoms with E-state index in [-0.39, 0.29) is 17.0 Å². The van der Waals surface area contributed by atoms with E-state index >= 15 is 0 Å². The first-order chi connectivity index (χ1) is 12.1. The van der Waals surface area contributed by atoms with E-state index in [4.69, 9.17) is 20.3 Å². The van der Waals surface area contributed by atoms with Gasteiger partial charge in [0.25, 0.3) is 5.91 Å². The van der Waals surface area contributed by atoms with Crippen LogP contribution in [0.4, 0.5) is 0 Å². The molecule has 10 nitrogen and oxygen atoms in total. The van der Waals surface area contributed by atoms with Crippen molar-refractivity contribution in [3.8, 4) is 0 Å². The molecule has 0 spiro atoms. The molecule has 1 fully saturated rings. The summed E-state index contributed by atoms with van der Waals surface area (Å²) in [5.74, 6) is -0.515. The fourth-order valence-corrected chi connectivity index (χ4v) is 3.04. The molecule has 26 heavy (non-hydrogen) atoms. The van der Waals surface area contributed by atoms with Crippen LogP contribution < -0.4 is 16.2 Å². The molecule has 0 saturated carbocycles. The van der Waals surface area contributed by atoms with Crippen molar-refractivity contribution in [2.75, 3.05) is 13.2 Å². The summed E-state index contributed by atoms with van der Waals surface area (Å²) in [6.45, 7) is 1.93. The van der Waals surface area contributed by atoms with E-state index in [1.165, 1.54) is 24.3 Å². The Balaban J connectivity index is 1.99. The fraction of sp³-hybridized carbons (Fsp3) is 0.533. The highest BCUT2D eigenvalue weighted by atomic mass is 32.2. The quantitative estimate of drug-likeness (QED) is 0.367. The molecule has 146 valence electrons. The lowest BCUT2D eigenvalue weighted by atomic mass is 9.97. The highest BCUT2D eigenvalue weighted by Gasteiger charge is 2.43. The van der Waals surface area contributed by atoms with Gasteiger partial charge in [0, 0.05) is 18.7 Å². The molecule has 1 aromatic rings. The van der Waals surface area contributed by atoms with Gasteiger partial charge in [-0.15, -0.1) is 0 Å². The molecular weight excluding hydrogens is 366 g/mol. The van der Waals surface area contributed by atoms with Gasteiger partial charge in [-0.25, -0.2) is 13.6 Å². The van der Waals surface area contributed by atoms with E-state index in [1.807, 2.05) is 0 Å². The van der Waals surface area contributed by atoms with Gasteiger partial charge in [-0.2, -0.15) is 0 Å². The summed E-state index contributed by atoms with van der Waals surface area (Å²) in [6, 6.07) is 4.12. The molecule has 1 aliphatic heterocycles. The molecule has 5 atom stereocenters. The average Bonchev–Trinajstić information content (AvgIpc) is 2.60. The lowest BCUT2D eigenvalue weighted by Gasteiger charge is -2.40. The minimum Gasteiger partial charge on any atom is -0.388 e. The van der Waals surface area contributed by atoms with E-state index in [1.54, 1.807) is 6.92 Å². The van der Waals surface area contributed by atoms with Gasteiger partial charge in [0.2, 0.25) is 10.0 Å². The number of benzene rings is 1. The number of nitrogens with two attached hydrogens (primary N) is 2. The van der Waals surface area contributed by atoms with Crippen molar-refractivity contribution < 1.29 is 32.9 Å². The molecule has 2 rings (SSSR count). The second-order valence-electron chi connectivity index (χ2n) is 5.84. The van der Waals surface area contributed by atoms with Gasteiger partial charge in [0.1, 0.15) is 18.3 Å². The van der Waals surface area contributed by atoms with Crippen LogP contribution in [0.25, 0.3) is 0 Å². The number of rotatable bonds is 6. The zero-order valence-electron chi connectivity index (χ0n) is 14.1. The Bertz CT molecular complexity index is 725. The maximum absolute atomic E-state index is 12.2. The van der Waals surface area contributed by atoms with Crippen molar-refractivity contribution in [1.29, 1.82) is 0 Å². The third-order valence-corrected chi connectivity index (χ3v) is 4.92. The Labute approximate surface area is 151 Å². The molecule has 1 amide bonds. The molecule has 1 aromatic carbocycles. The van der Waals surface area contributed by atoms with Crippen molar-refractivity contribution in [1.82, 2.24) is 5.32 Å². The number of aliphatic hydroxyl groups is 2. The molecule has 1 saturated heterocycles. The first-order valence-electron chi connectivity index (χ1n) is 7.95. The molecule has 0 unspecified atom stereocenters. The second-order valence-corrected chi connectivity index (χ2v) is 7.40.